The van der Waals surface area contributed by atoms with E-state index in [1.54, 1.807) is 30.3 Å². The number of halogens is 4. The summed E-state index contributed by atoms with van der Waals surface area (Å²) in [5.41, 5.74) is 4.36. The highest BCUT2D eigenvalue weighted by atomic mass is 35.5. The molecule has 7 aromatic rings. The van der Waals surface area contributed by atoms with Gasteiger partial charge in [0.2, 0.25) is 0 Å². The van der Waals surface area contributed by atoms with Crippen LogP contribution in [0.2, 0.25) is 20.1 Å². The zero-order valence-corrected chi connectivity index (χ0v) is 26.1. The Morgan fingerprint density at radius 2 is 0.773 bits per heavy atom. The molecule has 7 rings (SSSR count). The first-order valence-electron chi connectivity index (χ1n) is 13.3. The molecule has 0 atom stereocenters. The predicted octanol–water partition coefficient (Wildman–Crippen LogP) is 10.1. The van der Waals surface area contributed by atoms with E-state index >= 15 is 0 Å². The molecule has 0 N–H and O–H groups in total. The number of esters is 2. The monoisotopic (exact) mass is 660 g/mol. The summed E-state index contributed by atoms with van der Waals surface area (Å²) in [6.07, 6.45) is 0. The van der Waals surface area contributed by atoms with Crippen LogP contribution in [0.25, 0.3) is 55.0 Å². The largest absolute Gasteiger partial charge is 0.465 e. The molecule has 0 aliphatic carbocycles. The number of carbonyl (C=O) groups excluding carboxylic acids is 2. The van der Waals surface area contributed by atoms with Gasteiger partial charge in [0, 0.05) is 41.6 Å². The van der Waals surface area contributed by atoms with E-state index in [4.69, 9.17) is 55.9 Å². The minimum absolute atomic E-state index is 0.159. The molecule has 5 aromatic carbocycles. The summed E-state index contributed by atoms with van der Waals surface area (Å²) in [6.45, 7) is 0. The lowest BCUT2D eigenvalue weighted by Crippen LogP contribution is -2.15. The number of ether oxygens (including phenoxy) is 2. The minimum Gasteiger partial charge on any atom is -0.465 e. The number of fused-ring (bicyclic) bond motifs is 6. The molecule has 0 bridgehead atoms. The number of aromatic nitrogens is 2. The Hall–Kier alpha value is -4.20. The van der Waals surface area contributed by atoms with E-state index in [-0.39, 0.29) is 11.1 Å². The van der Waals surface area contributed by atoms with E-state index in [0.717, 1.165) is 43.6 Å². The number of benzene rings is 5. The molecule has 10 heteroatoms. The van der Waals surface area contributed by atoms with Gasteiger partial charge in [-0.2, -0.15) is 0 Å². The van der Waals surface area contributed by atoms with Gasteiger partial charge in [-0.15, -0.1) is 0 Å². The Labute approximate surface area is 270 Å². The second-order valence-corrected chi connectivity index (χ2v) is 11.9. The maximum Gasteiger partial charge on any atom is 0.340 e. The molecular weight excluding hydrogens is 642 g/mol. The van der Waals surface area contributed by atoms with Crippen molar-refractivity contribution in [2.24, 2.45) is 0 Å². The fourth-order valence-corrected chi connectivity index (χ4v) is 6.64. The normalized spacial score (nSPS) is 11.6. The lowest BCUT2D eigenvalue weighted by Gasteiger charge is -2.19. The summed E-state index contributed by atoms with van der Waals surface area (Å²) in [7, 11) is 2.59. The van der Waals surface area contributed by atoms with Crippen LogP contribution in [0.4, 0.5) is 0 Å². The summed E-state index contributed by atoms with van der Waals surface area (Å²) >= 11 is 25.7. The fourth-order valence-electron chi connectivity index (χ4n) is 5.95. The van der Waals surface area contributed by atoms with Crippen LogP contribution in [0.15, 0.2) is 84.9 Å². The van der Waals surface area contributed by atoms with Gasteiger partial charge in [0.25, 0.3) is 0 Å². The molecule has 2 aromatic heterocycles. The lowest BCUT2D eigenvalue weighted by molar-refractivity contribution is 0.0599. The predicted molar refractivity (Wildman–Crippen MR) is 178 cm³/mol. The highest BCUT2D eigenvalue weighted by Crippen LogP contribution is 2.40. The number of rotatable bonds is 4. The van der Waals surface area contributed by atoms with E-state index in [0.29, 0.717) is 31.5 Å². The van der Waals surface area contributed by atoms with Crippen LogP contribution >= 0.6 is 46.4 Å². The Morgan fingerprint density at radius 3 is 1.05 bits per heavy atom. The van der Waals surface area contributed by atoms with Crippen molar-refractivity contribution in [2.45, 2.75) is 0 Å². The molecule has 0 unspecified atom stereocenters. The second kappa shape index (κ2) is 10.8. The van der Waals surface area contributed by atoms with Crippen molar-refractivity contribution >= 4 is 102 Å². The Bertz CT molecular complexity index is 2080. The van der Waals surface area contributed by atoms with E-state index < -0.39 is 11.9 Å². The van der Waals surface area contributed by atoms with Crippen molar-refractivity contribution in [2.75, 3.05) is 14.2 Å². The van der Waals surface area contributed by atoms with Crippen molar-refractivity contribution in [3.05, 3.63) is 116 Å². The summed E-state index contributed by atoms with van der Waals surface area (Å²) in [6, 6.07) is 25.4. The highest BCUT2D eigenvalue weighted by Gasteiger charge is 2.27. The fraction of sp³-hybridized carbons (Fsp3) is 0.0588. The molecule has 6 nitrogen and oxygen atoms in total. The van der Waals surface area contributed by atoms with Gasteiger partial charge in [0.15, 0.2) is 0 Å². The molecule has 0 radical (unpaired) electrons. The number of nitrogens with zero attached hydrogens (tertiary/aromatic N) is 2. The number of methoxy groups -OCH3 is 2. The molecule has 0 saturated carbocycles. The molecule has 44 heavy (non-hydrogen) atoms. The Balaban J connectivity index is 1.68. The third-order valence-corrected chi connectivity index (χ3v) is 8.73. The molecule has 0 fully saturated rings. The van der Waals surface area contributed by atoms with E-state index in [2.05, 4.69) is 0 Å². The van der Waals surface area contributed by atoms with Gasteiger partial charge in [-0.3, -0.25) is 0 Å². The summed E-state index contributed by atoms with van der Waals surface area (Å²) < 4.78 is 14.3. The summed E-state index contributed by atoms with van der Waals surface area (Å²) in [5.74, 6) is -1.26. The average Bonchev–Trinajstić information content (AvgIpc) is 3.50. The van der Waals surface area contributed by atoms with E-state index in [1.807, 2.05) is 57.7 Å². The number of hydrogen-bond acceptors (Lipinski definition) is 4. The third kappa shape index (κ3) is 4.41. The molecule has 0 spiro atoms. The zero-order chi connectivity index (χ0) is 30.9. The van der Waals surface area contributed by atoms with Crippen LogP contribution in [0.1, 0.15) is 20.7 Å². The SMILES string of the molecule is COC(=O)c1cc(C(=O)OC)c(-n2c3ccc(Cl)cc3c3cc(Cl)ccc32)cc1-n1c2ccc(Cl)cc2c2cc(Cl)ccc21. The Kier molecular flexibility index (Phi) is 6.98. The number of carbonyl (C=O) groups is 2. The molecule has 0 amide bonds. The van der Waals surface area contributed by atoms with Gasteiger partial charge in [-0.05, 0) is 84.9 Å². The van der Waals surface area contributed by atoms with Crippen molar-refractivity contribution in [3.8, 4) is 11.4 Å². The zero-order valence-electron chi connectivity index (χ0n) is 23.1. The van der Waals surface area contributed by atoms with Crippen LogP contribution in [-0.2, 0) is 9.47 Å². The minimum atomic E-state index is -0.629. The Morgan fingerprint density at radius 1 is 0.477 bits per heavy atom. The lowest BCUT2D eigenvalue weighted by atomic mass is 10.0. The summed E-state index contributed by atoms with van der Waals surface area (Å²) in [4.78, 5) is 26.8. The first kappa shape index (κ1) is 28.6. The molecule has 2 heterocycles. The molecule has 0 saturated heterocycles. The standard InChI is InChI=1S/C34H20Cl4N2O4/c1-43-33(41)25-15-26(34(42)44-2)32(40-29-9-5-19(37)13-23(29)24-14-20(38)6-10-30(24)40)16-31(25)39-27-7-3-17(35)11-21(27)22-12-18(36)4-8-28(22)39/h3-16H,1-2H3. The van der Waals surface area contributed by atoms with Crippen molar-refractivity contribution < 1.29 is 19.1 Å². The van der Waals surface area contributed by atoms with Gasteiger partial charge in [0.05, 0.1) is 58.8 Å². The first-order chi connectivity index (χ1) is 21.2. The van der Waals surface area contributed by atoms with Gasteiger partial charge < -0.3 is 18.6 Å². The molecular formula is C34H20Cl4N2O4. The second-order valence-electron chi connectivity index (χ2n) is 10.2. The van der Waals surface area contributed by atoms with Crippen molar-refractivity contribution in [1.29, 1.82) is 0 Å². The van der Waals surface area contributed by atoms with Gasteiger partial charge in [-0.1, -0.05) is 46.4 Å². The van der Waals surface area contributed by atoms with Crippen LogP contribution in [0.3, 0.4) is 0 Å². The van der Waals surface area contributed by atoms with E-state index in [9.17, 15) is 9.59 Å². The van der Waals surface area contributed by atoms with Crippen molar-refractivity contribution in [3.63, 3.8) is 0 Å². The third-order valence-electron chi connectivity index (χ3n) is 7.78. The van der Waals surface area contributed by atoms with Crippen LogP contribution in [0.5, 0.6) is 0 Å². The first-order valence-corrected chi connectivity index (χ1v) is 14.8. The number of hydrogen-bond donors (Lipinski definition) is 0. The average molecular weight is 662 g/mol. The van der Waals surface area contributed by atoms with Crippen LogP contribution in [-0.4, -0.2) is 35.3 Å². The quantitative estimate of drug-likeness (QED) is 0.176. The molecule has 0 aliphatic heterocycles. The maximum atomic E-state index is 13.4. The summed E-state index contributed by atoms with van der Waals surface area (Å²) in [5, 5.41) is 5.55. The molecule has 218 valence electrons. The van der Waals surface area contributed by atoms with Gasteiger partial charge in [0.1, 0.15) is 0 Å². The topological polar surface area (TPSA) is 62.5 Å². The van der Waals surface area contributed by atoms with Crippen LogP contribution in [0, 0.1) is 0 Å². The van der Waals surface area contributed by atoms with Gasteiger partial charge >= 0.3 is 11.9 Å². The van der Waals surface area contributed by atoms with E-state index in [1.165, 1.54) is 20.3 Å². The highest BCUT2D eigenvalue weighted by molar-refractivity contribution is 6.34. The van der Waals surface area contributed by atoms with Gasteiger partial charge in [-0.25, -0.2) is 9.59 Å². The molecule has 0 aliphatic rings. The smallest absolute Gasteiger partial charge is 0.340 e. The van der Waals surface area contributed by atoms with Crippen LogP contribution < -0.4 is 0 Å². The maximum absolute atomic E-state index is 13.4. The van der Waals surface area contributed by atoms with Crippen molar-refractivity contribution in [1.82, 2.24) is 9.13 Å².